The van der Waals surface area contributed by atoms with Crippen LogP contribution in [0.25, 0.3) is 0 Å². The van der Waals surface area contributed by atoms with Crippen LogP contribution in [0.5, 0.6) is 11.5 Å². The summed E-state index contributed by atoms with van der Waals surface area (Å²) in [5, 5.41) is 3.68. The summed E-state index contributed by atoms with van der Waals surface area (Å²) >= 11 is 6.29. The van der Waals surface area contributed by atoms with Gasteiger partial charge in [0.15, 0.2) is 11.5 Å². The summed E-state index contributed by atoms with van der Waals surface area (Å²) in [4.78, 5) is 29.8. The van der Waals surface area contributed by atoms with Crippen LogP contribution in [-0.2, 0) is 32.6 Å². The molecule has 0 aromatic heterocycles. The number of hydrogen-bond acceptors (Lipinski definition) is 6. The van der Waals surface area contributed by atoms with Gasteiger partial charge in [0.2, 0.25) is 21.8 Å². The van der Waals surface area contributed by atoms with E-state index in [-0.39, 0.29) is 30.6 Å². The lowest BCUT2D eigenvalue weighted by atomic mass is 9.94. The van der Waals surface area contributed by atoms with Crippen LogP contribution in [0.4, 0.5) is 5.69 Å². The second-order valence-electron chi connectivity index (χ2n) is 11.0. The smallest absolute Gasteiger partial charge is 0.244 e. The maximum absolute atomic E-state index is 14.3. The zero-order valence-corrected chi connectivity index (χ0v) is 26.9. The van der Waals surface area contributed by atoms with Crippen molar-refractivity contribution in [2.75, 3.05) is 31.3 Å². The minimum Gasteiger partial charge on any atom is -0.493 e. The molecule has 1 aliphatic carbocycles. The Morgan fingerprint density at radius 1 is 0.909 bits per heavy atom. The van der Waals surface area contributed by atoms with E-state index in [1.807, 2.05) is 36.4 Å². The van der Waals surface area contributed by atoms with Gasteiger partial charge in [-0.2, -0.15) is 0 Å². The fraction of sp³-hybridized carbons (Fsp3) is 0.394. The second kappa shape index (κ2) is 15.3. The minimum absolute atomic E-state index is 0.0249. The molecular formula is C33H40ClN3O6S. The molecular weight excluding hydrogens is 602 g/mol. The van der Waals surface area contributed by atoms with Gasteiger partial charge in [0.1, 0.15) is 12.6 Å². The van der Waals surface area contributed by atoms with Crippen molar-refractivity contribution >= 4 is 39.1 Å². The van der Waals surface area contributed by atoms with Crippen molar-refractivity contribution in [2.24, 2.45) is 0 Å². The number of nitrogens with one attached hydrogen (secondary N) is 1. The first-order valence-electron chi connectivity index (χ1n) is 14.7. The van der Waals surface area contributed by atoms with E-state index in [1.54, 1.807) is 30.3 Å². The van der Waals surface area contributed by atoms with E-state index in [9.17, 15) is 18.0 Å². The first kappa shape index (κ1) is 33.1. The zero-order chi connectivity index (χ0) is 31.7. The fourth-order valence-electron chi connectivity index (χ4n) is 5.52. The van der Waals surface area contributed by atoms with E-state index in [1.165, 1.54) is 25.2 Å². The lowest BCUT2D eigenvalue weighted by molar-refractivity contribution is -0.140. The van der Waals surface area contributed by atoms with Crippen LogP contribution in [0.3, 0.4) is 0 Å². The molecule has 44 heavy (non-hydrogen) atoms. The molecule has 1 N–H and O–H groups in total. The maximum Gasteiger partial charge on any atom is 0.244 e. The largest absolute Gasteiger partial charge is 0.493 e. The number of halogens is 1. The highest BCUT2D eigenvalue weighted by atomic mass is 35.5. The molecule has 1 aliphatic rings. The molecule has 3 aromatic carbocycles. The molecule has 236 valence electrons. The average molecular weight is 642 g/mol. The number of carbonyl (C=O) groups excluding carboxylic acids is 2. The normalized spacial score (nSPS) is 14.4. The van der Waals surface area contributed by atoms with Crippen LogP contribution in [0.2, 0.25) is 5.02 Å². The first-order chi connectivity index (χ1) is 21.1. The van der Waals surface area contributed by atoms with Gasteiger partial charge in [-0.1, -0.05) is 73.3 Å². The average Bonchev–Trinajstić information content (AvgIpc) is 3.01. The Hall–Kier alpha value is -3.76. The van der Waals surface area contributed by atoms with E-state index < -0.39 is 28.5 Å². The number of hydrogen-bond donors (Lipinski definition) is 1. The van der Waals surface area contributed by atoms with Gasteiger partial charge >= 0.3 is 0 Å². The summed E-state index contributed by atoms with van der Waals surface area (Å²) in [6, 6.07) is 20.3. The summed E-state index contributed by atoms with van der Waals surface area (Å²) in [5.41, 5.74) is 1.82. The summed E-state index contributed by atoms with van der Waals surface area (Å²) < 4.78 is 37.9. The second-order valence-corrected chi connectivity index (χ2v) is 13.4. The van der Waals surface area contributed by atoms with Crippen molar-refractivity contribution in [3.05, 3.63) is 88.9 Å². The number of anilines is 1. The highest BCUT2D eigenvalue weighted by Crippen LogP contribution is 2.32. The number of sulfonamides is 1. The Balaban J connectivity index is 1.74. The van der Waals surface area contributed by atoms with Crippen molar-refractivity contribution in [2.45, 2.75) is 57.2 Å². The fourth-order valence-corrected chi connectivity index (χ4v) is 6.58. The molecule has 0 heterocycles. The van der Waals surface area contributed by atoms with E-state index in [0.29, 0.717) is 22.1 Å². The highest BCUT2D eigenvalue weighted by Gasteiger charge is 2.34. The van der Waals surface area contributed by atoms with Crippen LogP contribution >= 0.6 is 11.6 Å². The number of ether oxygens (including phenoxy) is 2. The van der Waals surface area contributed by atoms with Gasteiger partial charge in [-0.25, -0.2) is 8.42 Å². The van der Waals surface area contributed by atoms with Crippen LogP contribution in [0.1, 0.15) is 43.2 Å². The Morgan fingerprint density at radius 3 is 2.23 bits per heavy atom. The highest BCUT2D eigenvalue weighted by molar-refractivity contribution is 7.92. The minimum atomic E-state index is -3.93. The number of nitrogens with zero attached hydrogens (tertiary/aromatic N) is 2. The van der Waals surface area contributed by atoms with Gasteiger partial charge in [-0.3, -0.25) is 13.9 Å². The first-order valence-corrected chi connectivity index (χ1v) is 16.9. The predicted octanol–water partition coefficient (Wildman–Crippen LogP) is 5.21. The number of benzene rings is 3. The predicted molar refractivity (Wildman–Crippen MR) is 173 cm³/mol. The zero-order valence-electron chi connectivity index (χ0n) is 25.4. The molecule has 1 saturated carbocycles. The molecule has 1 atom stereocenters. The van der Waals surface area contributed by atoms with E-state index in [0.717, 1.165) is 48.2 Å². The van der Waals surface area contributed by atoms with Gasteiger partial charge in [-0.05, 0) is 48.2 Å². The number of methoxy groups -OCH3 is 2. The standard InChI is InChI=1S/C33H40ClN3O6S/c1-42-30-18-17-28(21-31(30)43-2)37(44(3,40)41)23-32(38)36(22-25-13-10-14-26(34)19-25)29(20-24-11-6-4-7-12-24)33(39)35-27-15-8-5-9-16-27/h4,6-7,10-14,17-19,21,27,29H,5,8-9,15-16,20,22-23H2,1-3H3,(H,35,39)/t29-/m1/s1. The molecule has 9 nitrogen and oxygen atoms in total. The van der Waals surface area contributed by atoms with E-state index >= 15 is 0 Å². The monoisotopic (exact) mass is 641 g/mol. The molecule has 1 fully saturated rings. The van der Waals surface area contributed by atoms with Crippen LogP contribution < -0.4 is 19.1 Å². The van der Waals surface area contributed by atoms with Crippen molar-refractivity contribution < 1.29 is 27.5 Å². The van der Waals surface area contributed by atoms with Crippen molar-refractivity contribution in [3.63, 3.8) is 0 Å². The van der Waals surface area contributed by atoms with Crippen molar-refractivity contribution in [3.8, 4) is 11.5 Å². The third kappa shape index (κ3) is 8.89. The lowest BCUT2D eigenvalue weighted by Gasteiger charge is -2.35. The molecule has 11 heteroatoms. The molecule has 0 aliphatic heterocycles. The summed E-state index contributed by atoms with van der Waals surface area (Å²) in [7, 11) is -1.00. The molecule has 2 amide bonds. The number of carbonyl (C=O) groups is 2. The van der Waals surface area contributed by atoms with Crippen LogP contribution in [-0.4, -0.2) is 64.2 Å². The topological polar surface area (TPSA) is 105 Å². The Kier molecular flexibility index (Phi) is 11.5. The summed E-state index contributed by atoms with van der Waals surface area (Å²) in [6.07, 6.45) is 6.26. The van der Waals surface area contributed by atoms with Gasteiger partial charge in [0, 0.05) is 30.1 Å². The third-order valence-electron chi connectivity index (χ3n) is 7.80. The lowest BCUT2D eigenvalue weighted by Crippen LogP contribution is -2.55. The molecule has 0 unspecified atom stereocenters. The van der Waals surface area contributed by atoms with Crippen LogP contribution in [0.15, 0.2) is 72.8 Å². The maximum atomic E-state index is 14.3. The molecule has 3 aromatic rings. The molecule has 0 radical (unpaired) electrons. The quantitative estimate of drug-likeness (QED) is 0.275. The molecule has 0 saturated heterocycles. The SMILES string of the molecule is COc1ccc(N(CC(=O)N(Cc2cccc(Cl)c2)[C@H](Cc2ccccc2)C(=O)NC2CCCCC2)S(C)(=O)=O)cc1OC. The Bertz CT molecular complexity index is 1530. The molecule has 0 spiro atoms. The van der Waals surface area contributed by atoms with Crippen molar-refractivity contribution in [1.29, 1.82) is 0 Å². The molecule has 4 rings (SSSR count). The molecule has 0 bridgehead atoms. The Morgan fingerprint density at radius 2 is 1.59 bits per heavy atom. The number of rotatable bonds is 13. The van der Waals surface area contributed by atoms with Gasteiger partial charge in [0.05, 0.1) is 26.2 Å². The van der Waals surface area contributed by atoms with Gasteiger partial charge in [-0.15, -0.1) is 0 Å². The van der Waals surface area contributed by atoms with Gasteiger partial charge < -0.3 is 19.7 Å². The van der Waals surface area contributed by atoms with Crippen LogP contribution in [0, 0.1) is 0 Å². The van der Waals surface area contributed by atoms with E-state index in [2.05, 4.69) is 5.32 Å². The third-order valence-corrected chi connectivity index (χ3v) is 9.17. The van der Waals surface area contributed by atoms with Crippen molar-refractivity contribution in [1.82, 2.24) is 10.2 Å². The summed E-state index contributed by atoms with van der Waals surface area (Å²) in [5.74, 6) is -0.0744. The van der Waals surface area contributed by atoms with E-state index in [4.69, 9.17) is 21.1 Å². The number of amides is 2. The summed E-state index contributed by atoms with van der Waals surface area (Å²) in [6.45, 7) is -0.477. The Labute approximate surface area is 265 Å². The van der Waals surface area contributed by atoms with Gasteiger partial charge in [0.25, 0.3) is 0 Å².